The maximum Gasteiger partial charge on any atom is 0.248 e. The third kappa shape index (κ3) is 3.55. The molecule has 0 unspecified atom stereocenters. The number of rotatable bonds is 4. The van der Waals surface area contributed by atoms with Gasteiger partial charge in [0, 0.05) is 35.8 Å². The van der Waals surface area contributed by atoms with Crippen LogP contribution in [0.1, 0.15) is 11.1 Å². The highest BCUT2D eigenvalue weighted by atomic mass is 19.1. The average molecular weight is 322 g/mol. The van der Waals surface area contributed by atoms with Crippen molar-refractivity contribution in [2.45, 2.75) is 6.92 Å². The smallest absolute Gasteiger partial charge is 0.248 e. The van der Waals surface area contributed by atoms with Crippen LogP contribution in [0.4, 0.5) is 10.1 Å². The van der Waals surface area contributed by atoms with Crippen molar-refractivity contribution in [3.05, 3.63) is 72.1 Å². The van der Waals surface area contributed by atoms with Crippen LogP contribution >= 0.6 is 0 Å². The highest BCUT2D eigenvalue weighted by Crippen LogP contribution is 2.22. The lowest BCUT2D eigenvalue weighted by Crippen LogP contribution is -2.09. The largest absolute Gasteiger partial charge is 0.320 e. The number of pyridine rings is 1. The first-order valence-corrected chi connectivity index (χ1v) is 7.32. The number of aryl methyl sites for hydroxylation is 1. The van der Waals surface area contributed by atoms with Gasteiger partial charge >= 0.3 is 0 Å². The molecule has 0 fully saturated rings. The Morgan fingerprint density at radius 2 is 2.17 bits per heavy atom. The van der Waals surface area contributed by atoms with Gasteiger partial charge in [-0.15, -0.1) is 0 Å². The van der Waals surface area contributed by atoms with Crippen LogP contribution in [0, 0.1) is 12.7 Å². The fraction of sp³-hybridized carbons (Fsp3) is 0.0556. The van der Waals surface area contributed by atoms with Gasteiger partial charge in [0.05, 0.1) is 11.9 Å². The maximum absolute atomic E-state index is 13.8. The Bertz CT molecular complexity index is 888. The van der Waals surface area contributed by atoms with Crippen LogP contribution in [-0.2, 0) is 4.79 Å². The van der Waals surface area contributed by atoms with Crippen LogP contribution in [-0.4, -0.2) is 21.1 Å². The van der Waals surface area contributed by atoms with Gasteiger partial charge in [-0.2, -0.15) is 5.10 Å². The highest BCUT2D eigenvalue weighted by molar-refractivity contribution is 6.02. The highest BCUT2D eigenvalue weighted by Gasteiger charge is 2.06. The van der Waals surface area contributed by atoms with Crippen molar-refractivity contribution in [2.24, 2.45) is 0 Å². The molecule has 0 aliphatic heterocycles. The van der Waals surface area contributed by atoms with Gasteiger partial charge < -0.3 is 5.32 Å². The Balaban J connectivity index is 1.78. The van der Waals surface area contributed by atoms with E-state index in [-0.39, 0.29) is 5.69 Å². The third-order valence-electron chi connectivity index (χ3n) is 3.46. The number of aromatic nitrogens is 3. The lowest BCUT2D eigenvalue weighted by molar-refractivity contribution is -0.111. The van der Waals surface area contributed by atoms with E-state index in [1.165, 1.54) is 18.2 Å². The van der Waals surface area contributed by atoms with Crippen LogP contribution in [0.5, 0.6) is 0 Å². The predicted molar refractivity (Wildman–Crippen MR) is 90.6 cm³/mol. The number of nitrogens with zero attached hydrogens (tertiary/aromatic N) is 2. The minimum absolute atomic E-state index is 0.150. The molecule has 0 radical (unpaired) electrons. The molecule has 1 aromatic carbocycles. The number of nitrogens with one attached hydrogen (secondary N) is 2. The summed E-state index contributed by atoms with van der Waals surface area (Å²) in [5.41, 5.74) is 3.49. The summed E-state index contributed by atoms with van der Waals surface area (Å²) >= 11 is 0. The monoisotopic (exact) mass is 322 g/mol. The molecule has 1 amide bonds. The fourth-order valence-corrected chi connectivity index (χ4v) is 2.26. The molecule has 24 heavy (non-hydrogen) atoms. The predicted octanol–water partition coefficient (Wildman–Crippen LogP) is 3.57. The minimum atomic E-state index is -0.461. The molecule has 2 aromatic heterocycles. The van der Waals surface area contributed by atoms with Crippen molar-refractivity contribution in [3.8, 4) is 11.1 Å². The second-order valence-electron chi connectivity index (χ2n) is 5.26. The van der Waals surface area contributed by atoms with Crippen LogP contribution in [0.2, 0.25) is 0 Å². The minimum Gasteiger partial charge on any atom is -0.320 e. The van der Waals surface area contributed by atoms with E-state index in [2.05, 4.69) is 20.5 Å². The van der Waals surface area contributed by atoms with Crippen LogP contribution in [0.3, 0.4) is 0 Å². The number of hydrogen-bond donors (Lipinski definition) is 2. The molecule has 0 aliphatic rings. The molecule has 120 valence electrons. The molecule has 0 spiro atoms. The zero-order valence-corrected chi connectivity index (χ0v) is 13.0. The maximum atomic E-state index is 13.8. The molecule has 2 heterocycles. The number of amides is 1. The molecule has 0 atom stereocenters. The summed E-state index contributed by atoms with van der Waals surface area (Å²) in [5.74, 6) is -0.878. The lowest BCUT2D eigenvalue weighted by atomic mass is 10.0. The van der Waals surface area contributed by atoms with Crippen molar-refractivity contribution < 1.29 is 9.18 Å². The SMILES string of the molecule is Cc1ccc(NC(=O)/C=C/c2cnccc2-c2cn[nH]c2)c(F)c1. The zero-order chi connectivity index (χ0) is 16.9. The van der Waals surface area contributed by atoms with Crippen molar-refractivity contribution in [3.63, 3.8) is 0 Å². The molecular weight excluding hydrogens is 307 g/mol. The molecule has 2 N–H and O–H groups in total. The zero-order valence-electron chi connectivity index (χ0n) is 13.0. The number of aromatic amines is 1. The average Bonchev–Trinajstić information content (AvgIpc) is 3.10. The lowest BCUT2D eigenvalue weighted by Gasteiger charge is -2.05. The van der Waals surface area contributed by atoms with Gasteiger partial charge in [-0.3, -0.25) is 14.9 Å². The standard InChI is InChI=1S/C18H15FN4O/c1-12-2-4-17(16(19)8-12)23-18(24)5-3-13-9-20-7-6-15(13)14-10-21-22-11-14/h2-11H,1H3,(H,21,22)(H,23,24)/b5-3+. The van der Waals surface area contributed by atoms with E-state index < -0.39 is 11.7 Å². The van der Waals surface area contributed by atoms with Gasteiger partial charge in [-0.25, -0.2) is 4.39 Å². The van der Waals surface area contributed by atoms with Crippen molar-refractivity contribution in [1.82, 2.24) is 15.2 Å². The van der Waals surface area contributed by atoms with Crippen LogP contribution in [0.15, 0.2) is 55.1 Å². The molecular formula is C18H15FN4O. The molecule has 3 rings (SSSR count). The fourth-order valence-electron chi connectivity index (χ4n) is 2.26. The molecule has 0 saturated carbocycles. The first kappa shape index (κ1) is 15.6. The van der Waals surface area contributed by atoms with Gasteiger partial charge in [0.15, 0.2) is 0 Å². The molecule has 0 aliphatic carbocycles. The van der Waals surface area contributed by atoms with Crippen LogP contribution < -0.4 is 5.32 Å². The van der Waals surface area contributed by atoms with Gasteiger partial charge in [0.1, 0.15) is 5.82 Å². The van der Waals surface area contributed by atoms with Crippen LogP contribution in [0.25, 0.3) is 17.2 Å². The topological polar surface area (TPSA) is 70.7 Å². The summed E-state index contributed by atoms with van der Waals surface area (Å²) in [5, 5.41) is 9.19. The number of carbonyl (C=O) groups is 1. The summed E-state index contributed by atoms with van der Waals surface area (Å²) in [6.07, 6.45) is 9.75. The Labute approximate surface area is 138 Å². The van der Waals surface area contributed by atoms with Gasteiger partial charge in [0.25, 0.3) is 0 Å². The third-order valence-corrected chi connectivity index (χ3v) is 3.46. The van der Waals surface area contributed by atoms with Gasteiger partial charge in [-0.1, -0.05) is 6.07 Å². The molecule has 0 bridgehead atoms. The number of hydrogen-bond acceptors (Lipinski definition) is 3. The number of halogens is 1. The van der Waals surface area contributed by atoms with E-state index in [4.69, 9.17) is 0 Å². The number of anilines is 1. The Morgan fingerprint density at radius 3 is 2.92 bits per heavy atom. The van der Waals surface area contributed by atoms with E-state index in [1.807, 2.05) is 6.07 Å². The Kier molecular flexibility index (Phi) is 4.47. The van der Waals surface area contributed by atoms with Gasteiger partial charge in [-0.05, 0) is 42.3 Å². The second kappa shape index (κ2) is 6.87. The van der Waals surface area contributed by atoms with E-state index in [1.54, 1.807) is 43.9 Å². The van der Waals surface area contributed by atoms with E-state index >= 15 is 0 Å². The number of H-pyrrole nitrogens is 1. The van der Waals surface area contributed by atoms with Gasteiger partial charge in [0.2, 0.25) is 5.91 Å². The molecule has 5 nitrogen and oxygen atoms in total. The number of benzene rings is 1. The first-order valence-electron chi connectivity index (χ1n) is 7.32. The first-order chi connectivity index (χ1) is 11.6. The summed E-state index contributed by atoms with van der Waals surface area (Å²) in [4.78, 5) is 16.1. The van der Waals surface area contributed by atoms with E-state index in [0.717, 1.165) is 22.3 Å². The quantitative estimate of drug-likeness (QED) is 0.721. The summed E-state index contributed by atoms with van der Waals surface area (Å²) in [6.45, 7) is 1.79. The Morgan fingerprint density at radius 1 is 1.29 bits per heavy atom. The van der Waals surface area contributed by atoms with Crippen molar-refractivity contribution in [1.29, 1.82) is 0 Å². The number of carbonyl (C=O) groups excluding carboxylic acids is 1. The van der Waals surface area contributed by atoms with E-state index in [9.17, 15) is 9.18 Å². The van der Waals surface area contributed by atoms with E-state index in [0.29, 0.717) is 0 Å². The van der Waals surface area contributed by atoms with Crippen molar-refractivity contribution in [2.75, 3.05) is 5.32 Å². The molecule has 6 heteroatoms. The summed E-state index contributed by atoms with van der Waals surface area (Å²) in [6, 6.07) is 6.48. The summed E-state index contributed by atoms with van der Waals surface area (Å²) in [7, 11) is 0. The Hall–Kier alpha value is -3.28. The second-order valence-corrected chi connectivity index (χ2v) is 5.26. The molecule has 0 saturated heterocycles. The summed E-state index contributed by atoms with van der Waals surface area (Å²) < 4.78 is 13.8. The molecule has 3 aromatic rings. The van der Waals surface area contributed by atoms with Crippen molar-refractivity contribution >= 4 is 17.7 Å². The normalized spacial score (nSPS) is 10.9.